The van der Waals surface area contributed by atoms with Crippen molar-refractivity contribution in [2.24, 2.45) is 0 Å². The number of allylic oxidation sites excluding steroid dienone is 1. The number of fused-ring (bicyclic) bond motifs is 1. The maximum atomic E-state index is 12.4. The van der Waals surface area contributed by atoms with Crippen LogP contribution >= 0.6 is 11.6 Å². The molecule has 0 radical (unpaired) electrons. The smallest absolute Gasteiger partial charge is 0.343 e. The topological polar surface area (TPSA) is 61.8 Å². The summed E-state index contributed by atoms with van der Waals surface area (Å²) >= 11 is 6.10. The highest BCUT2D eigenvalue weighted by Gasteiger charge is 2.28. The summed E-state index contributed by atoms with van der Waals surface area (Å²) in [6.07, 6.45) is 1.60. The van der Waals surface area contributed by atoms with Gasteiger partial charge in [0.25, 0.3) is 0 Å². The molecule has 2 aromatic carbocycles. The Bertz CT molecular complexity index is 841. The largest absolute Gasteiger partial charge is 0.482 e. The lowest BCUT2D eigenvalue weighted by molar-refractivity contribution is -0.142. The number of halogens is 1. The van der Waals surface area contributed by atoms with Crippen LogP contribution in [0.2, 0.25) is 5.02 Å². The minimum atomic E-state index is -0.494. The zero-order valence-corrected chi connectivity index (χ0v) is 13.5. The van der Waals surface area contributed by atoms with E-state index in [-0.39, 0.29) is 18.1 Å². The fraction of sp³-hybridized carbons (Fsp3) is 0.111. The van der Waals surface area contributed by atoms with Gasteiger partial charge in [-0.25, -0.2) is 4.79 Å². The van der Waals surface area contributed by atoms with Gasteiger partial charge in [-0.05, 0) is 29.8 Å². The molecule has 0 amide bonds. The molecule has 5 nitrogen and oxygen atoms in total. The van der Waals surface area contributed by atoms with Crippen molar-refractivity contribution in [2.75, 3.05) is 13.7 Å². The molecule has 0 bridgehead atoms. The fourth-order valence-electron chi connectivity index (χ4n) is 2.19. The number of rotatable bonds is 4. The van der Waals surface area contributed by atoms with Crippen molar-refractivity contribution >= 4 is 29.4 Å². The lowest BCUT2D eigenvalue weighted by Crippen LogP contribution is -2.12. The second kappa shape index (κ2) is 6.76. The first-order valence-corrected chi connectivity index (χ1v) is 7.48. The van der Waals surface area contributed by atoms with Crippen molar-refractivity contribution in [3.8, 4) is 11.5 Å². The molecule has 0 aliphatic carbocycles. The quantitative estimate of drug-likeness (QED) is 0.627. The highest BCUT2D eigenvalue weighted by atomic mass is 35.5. The first-order valence-electron chi connectivity index (χ1n) is 7.11. The Kier molecular flexibility index (Phi) is 4.53. The third kappa shape index (κ3) is 3.26. The van der Waals surface area contributed by atoms with Crippen LogP contribution in [0.5, 0.6) is 11.5 Å². The SMILES string of the molecule is COC(=O)COc1ccc2c(c1)O/C(=C\c1ccccc1Cl)C2=O. The molecule has 0 atom stereocenters. The van der Waals surface area contributed by atoms with E-state index in [2.05, 4.69) is 4.74 Å². The highest BCUT2D eigenvalue weighted by Crippen LogP contribution is 2.35. The van der Waals surface area contributed by atoms with Crippen LogP contribution in [0, 0.1) is 0 Å². The maximum absolute atomic E-state index is 12.4. The van der Waals surface area contributed by atoms with E-state index in [9.17, 15) is 9.59 Å². The number of hydrogen-bond donors (Lipinski definition) is 0. The van der Waals surface area contributed by atoms with E-state index in [0.717, 1.165) is 0 Å². The van der Waals surface area contributed by atoms with Crippen molar-refractivity contribution < 1.29 is 23.8 Å². The normalized spacial score (nSPS) is 14.2. The molecule has 1 aliphatic rings. The first kappa shape index (κ1) is 16.1. The molecular weight excluding hydrogens is 332 g/mol. The summed E-state index contributed by atoms with van der Waals surface area (Å²) < 4.78 is 15.4. The molecular formula is C18H13ClO5. The molecule has 0 saturated carbocycles. The molecule has 0 N–H and O–H groups in total. The van der Waals surface area contributed by atoms with Crippen molar-refractivity contribution in [3.63, 3.8) is 0 Å². The Balaban J connectivity index is 1.82. The minimum Gasteiger partial charge on any atom is -0.482 e. The zero-order chi connectivity index (χ0) is 17.1. The molecule has 122 valence electrons. The van der Waals surface area contributed by atoms with Crippen LogP contribution in [-0.4, -0.2) is 25.5 Å². The molecule has 0 spiro atoms. The van der Waals surface area contributed by atoms with Crippen LogP contribution in [0.1, 0.15) is 15.9 Å². The van der Waals surface area contributed by atoms with Crippen LogP contribution < -0.4 is 9.47 Å². The van der Waals surface area contributed by atoms with E-state index in [1.54, 1.807) is 42.5 Å². The van der Waals surface area contributed by atoms with Gasteiger partial charge in [0, 0.05) is 11.1 Å². The molecule has 3 rings (SSSR count). The van der Waals surface area contributed by atoms with Crippen LogP contribution in [0.15, 0.2) is 48.2 Å². The van der Waals surface area contributed by atoms with Crippen molar-refractivity contribution in [1.29, 1.82) is 0 Å². The monoisotopic (exact) mass is 344 g/mol. The average Bonchev–Trinajstić information content (AvgIpc) is 2.90. The van der Waals surface area contributed by atoms with Crippen LogP contribution in [-0.2, 0) is 9.53 Å². The van der Waals surface area contributed by atoms with Gasteiger partial charge in [0.05, 0.1) is 12.7 Å². The van der Waals surface area contributed by atoms with Crippen molar-refractivity contribution in [3.05, 3.63) is 64.4 Å². The summed E-state index contributed by atoms with van der Waals surface area (Å²) in [5.74, 6) is 0.242. The number of ketones is 1. The average molecular weight is 345 g/mol. The van der Waals surface area contributed by atoms with Gasteiger partial charge in [0.15, 0.2) is 12.4 Å². The van der Waals surface area contributed by atoms with E-state index in [0.29, 0.717) is 27.6 Å². The zero-order valence-electron chi connectivity index (χ0n) is 12.7. The Labute approximate surface area is 143 Å². The van der Waals surface area contributed by atoms with Gasteiger partial charge in [-0.15, -0.1) is 0 Å². The van der Waals surface area contributed by atoms with Gasteiger partial charge in [0.2, 0.25) is 5.78 Å². The van der Waals surface area contributed by atoms with E-state index in [1.165, 1.54) is 7.11 Å². The molecule has 2 aromatic rings. The third-order valence-electron chi connectivity index (χ3n) is 3.42. The lowest BCUT2D eigenvalue weighted by Gasteiger charge is -2.05. The summed E-state index contributed by atoms with van der Waals surface area (Å²) in [6, 6.07) is 11.9. The number of carbonyl (C=O) groups is 2. The lowest BCUT2D eigenvalue weighted by atomic mass is 10.1. The Hall–Kier alpha value is -2.79. The molecule has 0 unspecified atom stereocenters. The summed E-state index contributed by atoms with van der Waals surface area (Å²) in [6.45, 7) is -0.217. The Morgan fingerprint density at radius 2 is 2.04 bits per heavy atom. The number of methoxy groups -OCH3 is 1. The van der Waals surface area contributed by atoms with E-state index in [1.807, 2.05) is 6.07 Å². The molecule has 6 heteroatoms. The number of hydrogen-bond acceptors (Lipinski definition) is 5. The summed E-state index contributed by atoms with van der Waals surface area (Å²) in [5, 5.41) is 0.527. The van der Waals surface area contributed by atoms with Gasteiger partial charge >= 0.3 is 5.97 Å². The summed E-state index contributed by atoms with van der Waals surface area (Å²) in [4.78, 5) is 23.5. The molecule has 0 fully saturated rings. The van der Waals surface area contributed by atoms with E-state index in [4.69, 9.17) is 21.1 Å². The summed E-state index contributed by atoms with van der Waals surface area (Å²) in [5.41, 5.74) is 1.12. The minimum absolute atomic E-state index is 0.184. The van der Waals surface area contributed by atoms with Gasteiger partial charge in [-0.3, -0.25) is 4.79 Å². The van der Waals surface area contributed by atoms with Gasteiger partial charge in [0.1, 0.15) is 11.5 Å². The first-order chi connectivity index (χ1) is 11.6. The Morgan fingerprint density at radius 1 is 1.25 bits per heavy atom. The van der Waals surface area contributed by atoms with Crippen molar-refractivity contribution in [1.82, 2.24) is 0 Å². The van der Waals surface area contributed by atoms with E-state index < -0.39 is 5.97 Å². The number of benzene rings is 2. The van der Waals surface area contributed by atoms with Crippen LogP contribution in [0.25, 0.3) is 6.08 Å². The van der Waals surface area contributed by atoms with Crippen molar-refractivity contribution in [2.45, 2.75) is 0 Å². The number of ether oxygens (including phenoxy) is 3. The number of carbonyl (C=O) groups excluding carboxylic acids is 2. The van der Waals surface area contributed by atoms with Gasteiger partial charge in [-0.1, -0.05) is 29.8 Å². The molecule has 1 aliphatic heterocycles. The van der Waals surface area contributed by atoms with Gasteiger partial charge in [-0.2, -0.15) is 0 Å². The molecule has 24 heavy (non-hydrogen) atoms. The number of esters is 1. The Morgan fingerprint density at radius 3 is 2.79 bits per heavy atom. The third-order valence-corrected chi connectivity index (χ3v) is 3.76. The van der Waals surface area contributed by atoms with Crippen LogP contribution in [0.4, 0.5) is 0 Å². The molecule has 0 saturated heterocycles. The van der Waals surface area contributed by atoms with Gasteiger partial charge < -0.3 is 14.2 Å². The second-order valence-electron chi connectivity index (χ2n) is 4.98. The molecule has 1 heterocycles. The second-order valence-corrected chi connectivity index (χ2v) is 5.39. The molecule has 0 aromatic heterocycles. The predicted octanol–water partition coefficient (Wildman–Crippen LogP) is 3.51. The fourth-order valence-corrected chi connectivity index (χ4v) is 2.38. The van der Waals surface area contributed by atoms with E-state index >= 15 is 0 Å². The maximum Gasteiger partial charge on any atom is 0.343 e. The van der Waals surface area contributed by atoms with Crippen LogP contribution in [0.3, 0.4) is 0 Å². The predicted molar refractivity (Wildman–Crippen MR) is 88.3 cm³/mol. The standard InChI is InChI=1S/C18H13ClO5/c1-22-17(20)10-23-12-6-7-13-15(9-12)24-16(18(13)21)8-11-4-2-3-5-14(11)19/h2-9H,10H2,1H3/b16-8-. The number of Topliss-reactive ketones (excluding diaryl/α,β-unsaturated/α-hetero) is 1. The highest BCUT2D eigenvalue weighted by molar-refractivity contribution is 6.32. The summed E-state index contributed by atoms with van der Waals surface area (Å²) in [7, 11) is 1.28.